The van der Waals surface area contributed by atoms with Crippen LogP contribution >= 0.6 is 23.2 Å². The van der Waals surface area contributed by atoms with E-state index in [0.717, 1.165) is 15.4 Å². The number of hydrogen-bond acceptors (Lipinski definition) is 6. The van der Waals surface area contributed by atoms with E-state index in [-0.39, 0.29) is 46.3 Å². The SMILES string of the molecule is CC[C@H](C)NC(=O)[C@@H](Cc1ccccc1)N(Cc1ccc(Cl)c(Cl)c1)C(=O)CN(c1cc(OC)ccc1OC)S(=O)(=O)c1ccc(C)cc1. The minimum absolute atomic E-state index is 0.0258. The Balaban J connectivity index is 1.88. The maximum absolute atomic E-state index is 14.8. The standard InChI is InChI=1S/C37H41Cl2N3O6S/c1-6-26(3)40-37(44)34(21-27-10-8-7-9-11-27)41(23-28-14-18-31(38)32(39)20-28)36(43)24-42(33-22-29(47-4)15-19-35(33)48-5)49(45,46)30-16-12-25(2)13-17-30/h7-20,22,26,34H,6,21,23-24H2,1-5H3,(H,40,44)/t26-,34+/m0/s1. The lowest BCUT2D eigenvalue weighted by Gasteiger charge is -2.34. The number of carbonyl (C=O) groups excluding carboxylic acids is 2. The molecule has 4 aromatic carbocycles. The van der Waals surface area contributed by atoms with Crippen molar-refractivity contribution in [3.05, 3.63) is 118 Å². The summed E-state index contributed by atoms with van der Waals surface area (Å²) >= 11 is 12.6. The van der Waals surface area contributed by atoms with Crippen molar-refractivity contribution >= 4 is 50.7 Å². The van der Waals surface area contributed by atoms with Crippen LogP contribution < -0.4 is 19.1 Å². The summed E-state index contributed by atoms with van der Waals surface area (Å²) in [4.78, 5) is 30.2. The van der Waals surface area contributed by atoms with Gasteiger partial charge >= 0.3 is 0 Å². The summed E-state index contributed by atoms with van der Waals surface area (Å²) in [6.07, 6.45) is 0.839. The van der Waals surface area contributed by atoms with Crippen molar-refractivity contribution in [3.63, 3.8) is 0 Å². The smallest absolute Gasteiger partial charge is 0.264 e. The van der Waals surface area contributed by atoms with Gasteiger partial charge < -0.3 is 19.7 Å². The molecule has 2 amide bonds. The van der Waals surface area contributed by atoms with Gasteiger partial charge in [-0.25, -0.2) is 8.42 Å². The van der Waals surface area contributed by atoms with Crippen LogP contribution in [0.15, 0.2) is 95.9 Å². The van der Waals surface area contributed by atoms with Crippen molar-refractivity contribution in [1.82, 2.24) is 10.2 Å². The molecule has 9 nitrogen and oxygen atoms in total. The number of nitrogens with zero attached hydrogens (tertiary/aromatic N) is 2. The fourth-order valence-electron chi connectivity index (χ4n) is 5.17. The van der Waals surface area contributed by atoms with Crippen LogP contribution in [-0.2, 0) is 32.6 Å². The van der Waals surface area contributed by atoms with Gasteiger partial charge in [-0.3, -0.25) is 13.9 Å². The lowest BCUT2D eigenvalue weighted by Crippen LogP contribution is -2.54. The molecule has 4 rings (SSSR count). The number of anilines is 1. The molecule has 0 aromatic heterocycles. The normalized spacial score (nSPS) is 12.5. The van der Waals surface area contributed by atoms with Gasteiger partial charge in [0.1, 0.15) is 24.1 Å². The van der Waals surface area contributed by atoms with Crippen LogP contribution in [0.2, 0.25) is 10.0 Å². The molecule has 1 N–H and O–H groups in total. The summed E-state index contributed by atoms with van der Waals surface area (Å²) in [5, 5.41) is 3.63. The number of methoxy groups -OCH3 is 2. The Labute approximate surface area is 298 Å². The van der Waals surface area contributed by atoms with Gasteiger partial charge in [0, 0.05) is 25.1 Å². The van der Waals surface area contributed by atoms with E-state index in [1.54, 1.807) is 42.5 Å². The van der Waals surface area contributed by atoms with Gasteiger partial charge in [0.05, 0.1) is 34.8 Å². The Kier molecular flexibility index (Phi) is 13.0. The van der Waals surface area contributed by atoms with E-state index in [2.05, 4.69) is 5.32 Å². The van der Waals surface area contributed by atoms with E-state index in [0.29, 0.717) is 22.8 Å². The molecule has 0 aliphatic heterocycles. The first-order chi connectivity index (χ1) is 23.4. The van der Waals surface area contributed by atoms with Crippen LogP contribution in [0, 0.1) is 6.92 Å². The molecule has 260 valence electrons. The fraction of sp³-hybridized carbons (Fsp3) is 0.297. The molecule has 12 heteroatoms. The molecule has 0 saturated carbocycles. The molecule has 0 radical (unpaired) electrons. The first kappa shape index (κ1) is 37.6. The van der Waals surface area contributed by atoms with E-state index in [1.165, 1.54) is 37.3 Å². The third kappa shape index (κ3) is 9.47. The number of halogens is 2. The van der Waals surface area contributed by atoms with Crippen molar-refractivity contribution in [2.75, 3.05) is 25.1 Å². The summed E-state index contributed by atoms with van der Waals surface area (Å²) in [5.41, 5.74) is 2.37. The van der Waals surface area contributed by atoms with E-state index in [1.807, 2.05) is 51.1 Å². The first-order valence-corrected chi connectivity index (χ1v) is 18.0. The lowest BCUT2D eigenvalue weighted by atomic mass is 10.0. The molecule has 0 spiro atoms. The molecule has 2 atom stereocenters. The number of rotatable bonds is 15. The number of ether oxygens (including phenoxy) is 2. The van der Waals surface area contributed by atoms with Gasteiger partial charge in [-0.2, -0.15) is 0 Å². The molecule has 0 bridgehead atoms. The van der Waals surface area contributed by atoms with Crippen molar-refractivity contribution in [3.8, 4) is 11.5 Å². The number of nitrogens with one attached hydrogen (secondary N) is 1. The van der Waals surface area contributed by atoms with Gasteiger partial charge in [-0.05, 0) is 67.8 Å². The van der Waals surface area contributed by atoms with E-state index >= 15 is 0 Å². The summed E-state index contributed by atoms with van der Waals surface area (Å²) in [6.45, 7) is 4.96. The maximum Gasteiger partial charge on any atom is 0.264 e. The molecule has 0 saturated heterocycles. The summed E-state index contributed by atoms with van der Waals surface area (Å²) < 4.78 is 40.9. The highest BCUT2D eigenvalue weighted by atomic mass is 35.5. The molecular weight excluding hydrogens is 685 g/mol. The van der Waals surface area contributed by atoms with Crippen LogP contribution in [-0.4, -0.2) is 58.0 Å². The fourth-order valence-corrected chi connectivity index (χ4v) is 6.91. The Morgan fingerprint density at radius 3 is 2.16 bits per heavy atom. The van der Waals surface area contributed by atoms with Crippen LogP contribution in [0.3, 0.4) is 0 Å². The van der Waals surface area contributed by atoms with Gasteiger partial charge in [0.25, 0.3) is 10.0 Å². The third-order valence-corrected chi connectivity index (χ3v) is 10.7. The number of carbonyl (C=O) groups is 2. The minimum atomic E-state index is -4.36. The third-order valence-electron chi connectivity index (χ3n) is 8.15. The molecule has 0 aliphatic rings. The van der Waals surface area contributed by atoms with Crippen LogP contribution in [0.4, 0.5) is 5.69 Å². The molecule has 4 aromatic rings. The Morgan fingerprint density at radius 2 is 1.55 bits per heavy atom. The number of amides is 2. The maximum atomic E-state index is 14.8. The zero-order valence-corrected chi connectivity index (χ0v) is 30.5. The van der Waals surface area contributed by atoms with Crippen molar-refractivity contribution in [1.29, 1.82) is 0 Å². The predicted molar refractivity (Wildman–Crippen MR) is 194 cm³/mol. The Morgan fingerprint density at radius 1 is 0.857 bits per heavy atom. The molecule has 0 aliphatic carbocycles. The van der Waals surface area contributed by atoms with Crippen molar-refractivity contribution in [2.24, 2.45) is 0 Å². The van der Waals surface area contributed by atoms with Crippen LogP contribution in [0.5, 0.6) is 11.5 Å². The highest BCUT2D eigenvalue weighted by Crippen LogP contribution is 2.36. The Hall–Kier alpha value is -4.25. The van der Waals surface area contributed by atoms with E-state index < -0.39 is 28.5 Å². The topological polar surface area (TPSA) is 105 Å². The average Bonchev–Trinajstić information content (AvgIpc) is 3.10. The summed E-state index contributed by atoms with van der Waals surface area (Å²) in [6, 6.07) is 24.1. The number of benzene rings is 4. The molecule has 0 unspecified atom stereocenters. The zero-order chi connectivity index (χ0) is 35.7. The van der Waals surface area contributed by atoms with Crippen LogP contribution in [0.25, 0.3) is 0 Å². The molecular formula is C37H41Cl2N3O6S. The van der Waals surface area contributed by atoms with Gasteiger partial charge in [-0.15, -0.1) is 0 Å². The lowest BCUT2D eigenvalue weighted by molar-refractivity contribution is -0.140. The summed E-state index contributed by atoms with van der Waals surface area (Å²) in [5.74, 6) is -0.448. The van der Waals surface area contributed by atoms with Gasteiger partial charge in [-0.1, -0.05) is 84.2 Å². The highest BCUT2D eigenvalue weighted by molar-refractivity contribution is 7.92. The van der Waals surface area contributed by atoms with Crippen molar-refractivity contribution < 1.29 is 27.5 Å². The second kappa shape index (κ2) is 16.9. The average molecular weight is 727 g/mol. The Bertz CT molecular complexity index is 1860. The van der Waals surface area contributed by atoms with Crippen LogP contribution in [0.1, 0.15) is 37.0 Å². The van der Waals surface area contributed by atoms with E-state index in [4.69, 9.17) is 32.7 Å². The predicted octanol–water partition coefficient (Wildman–Crippen LogP) is 7.07. The first-order valence-electron chi connectivity index (χ1n) is 15.8. The molecule has 49 heavy (non-hydrogen) atoms. The number of sulfonamides is 1. The summed E-state index contributed by atoms with van der Waals surface area (Å²) in [7, 11) is -1.49. The zero-order valence-electron chi connectivity index (χ0n) is 28.2. The minimum Gasteiger partial charge on any atom is -0.497 e. The van der Waals surface area contributed by atoms with Crippen molar-refractivity contribution in [2.45, 2.75) is 57.1 Å². The highest BCUT2D eigenvalue weighted by Gasteiger charge is 2.36. The second-order valence-electron chi connectivity index (χ2n) is 11.7. The molecule has 0 heterocycles. The molecule has 0 fully saturated rings. The van der Waals surface area contributed by atoms with Gasteiger partial charge in [0.2, 0.25) is 11.8 Å². The monoisotopic (exact) mass is 725 g/mol. The quantitative estimate of drug-likeness (QED) is 0.141. The second-order valence-corrected chi connectivity index (χ2v) is 14.3. The number of aryl methyl sites for hydroxylation is 1. The van der Waals surface area contributed by atoms with Gasteiger partial charge in [0.15, 0.2) is 0 Å². The van der Waals surface area contributed by atoms with E-state index in [9.17, 15) is 18.0 Å². The number of hydrogen-bond donors (Lipinski definition) is 1. The largest absolute Gasteiger partial charge is 0.497 e.